The van der Waals surface area contributed by atoms with Crippen molar-refractivity contribution in [1.82, 2.24) is 9.97 Å². The molecule has 11 heteroatoms. The quantitative estimate of drug-likeness (QED) is 0.141. The van der Waals surface area contributed by atoms with E-state index in [9.17, 15) is 18.0 Å². The van der Waals surface area contributed by atoms with Crippen molar-refractivity contribution in [1.29, 1.82) is 0 Å². The van der Waals surface area contributed by atoms with Crippen molar-refractivity contribution in [3.05, 3.63) is 88.7 Å². The van der Waals surface area contributed by atoms with E-state index in [0.29, 0.717) is 31.7 Å². The minimum atomic E-state index is -3.68. The zero-order valence-corrected chi connectivity index (χ0v) is 30.2. The van der Waals surface area contributed by atoms with E-state index in [1.807, 2.05) is 31.2 Å². The number of anilines is 1. The molecule has 1 aliphatic heterocycles. The third-order valence-corrected chi connectivity index (χ3v) is 14.1. The van der Waals surface area contributed by atoms with Gasteiger partial charge < -0.3 is 14.4 Å². The number of fused-ring (bicyclic) bond motifs is 3. The summed E-state index contributed by atoms with van der Waals surface area (Å²) in [5, 5.41) is 0.0109. The van der Waals surface area contributed by atoms with Crippen LogP contribution in [-0.2, 0) is 31.2 Å². The Hall–Kier alpha value is -3.76. The van der Waals surface area contributed by atoms with Gasteiger partial charge in [-0.1, -0.05) is 37.1 Å². The van der Waals surface area contributed by atoms with Gasteiger partial charge in [-0.25, -0.2) is 23.2 Å². The summed E-state index contributed by atoms with van der Waals surface area (Å²) < 4.78 is 38.4. The number of methoxy groups -OCH3 is 1. The molecule has 3 aromatic rings. The van der Waals surface area contributed by atoms with Gasteiger partial charge in [0.2, 0.25) is 15.0 Å². The van der Waals surface area contributed by atoms with Crippen LogP contribution < -0.4 is 9.64 Å². The average molecular weight is 718 g/mol. The van der Waals surface area contributed by atoms with Gasteiger partial charge in [-0.2, -0.15) is 0 Å². The number of rotatable bonds is 8. The largest absolute Gasteiger partial charge is 0.490 e. The Bertz CT molecular complexity index is 1900. The van der Waals surface area contributed by atoms with E-state index in [1.54, 1.807) is 18.2 Å². The number of aromatic nitrogens is 2. The van der Waals surface area contributed by atoms with Crippen LogP contribution in [-0.4, -0.2) is 62.2 Å². The second kappa shape index (κ2) is 14.1. The van der Waals surface area contributed by atoms with Crippen LogP contribution in [0.5, 0.6) is 5.75 Å². The Morgan fingerprint density at radius 2 is 1.90 bits per heavy atom. The van der Waals surface area contributed by atoms with Gasteiger partial charge in [0.1, 0.15) is 5.75 Å². The van der Waals surface area contributed by atoms with Crippen LogP contribution in [0.1, 0.15) is 73.4 Å². The van der Waals surface area contributed by atoms with E-state index < -0.39 is 21.1 Å². The lowest BCUT2D eigenvalue weighted by Crippen LogP contribution is -2.49. The number of hydrogen-bond donors (Lipinski definition) is 0. The van der Waals surface area contributed by atoms with Crippen LogP contribution >= 0.6 is 11.6 Å². The Morgan fingerprint density at radius 1 is 1.08 bits per heavy atom. The number of benzene rings is 2. The molecule has 7 rings (SSSR count). The lowest BCUT2D eigenvalue weighted by atomic mass is 9.68. The molecule has 50 heavy (non-hydrogen) atoms. The highest BCUT2D eigenvalue weighted by molar-refractivity contribution is 7.91. The Balaban J connectivity index is 1.11. The maximum atomic E-state index is 13.8. The maximum Gasteiger partial charge on any atom is 0.337 e. The molecular weight excluding hydrogens is 674 g/mol. The third kappa shape index (κ3) is 6.57. The van der Waals surface area contributed by atoms with Crippen molar-refractivity contribution < 1.29 is 27.5 Å². The van der Waals surface area contributed by atoms with Crippen LogP contribution in [0.4, 0.5) is 5.69 Å². The number of carbonyl (C=O) groups excluding carboxylic acids is 2. The average Bonchev–Trinajstić information content (AvgIpc) is 3.26. The summed E-state index contributed by atoms with van der Waals surface area (Å²) in [6, 6.07) is 13.2. The minimum absolute atomic E-state index is 0.0270. The Kier molecular flexibility index (Phi) is 9.78. The highest BCUT2D eigenvalue weighted by atomic mass is 35.5. The molecule has 2 heterocycles. The van der Waals surface area contributed by atoms with Gasteiger partial charge in [-0.15, -0.1) is 0 Å². The van der Waals surface area contributed by atoms with Gasteiger partial charge >= 0.3 is 5.97 Å². The topological polar surface area (TPSA) is 116 Å². The summed E-state index contributed by atoms with van der Waals surface area (Å²) in [4.78, 5) is 36.8. The van der Waals surface area contributed by atoms with Crippen molar-refractivity contribution in [2.75, 3.05) is 31.7 Å². The molecule has 1 aromatic heterocycles. The SMILES string of the molecule is COC(=O)c1ccc2c(c1)N(C[C@@H]1CC[C@H]1C(=O)/C=C/[C@H]1CCC[C@H](S(=O)(=O)c3ncccn3)[C@@H]1C)CC1(CCCc3cc(Cl)ccc31)CO2. The lowest BCUT2D eigenvalue weighted by molar-refractivity contribution is -0.122. The van der Waals surface area contributed by atoms with Gasteiger partial charge in [-0.05, 0) is 116 Å². The van der Waals surface area contributed by atoms with Crippen LogP contribution in [0.15, 0.2) is 72.2 Å². The number of carbonyl (C=O) groups is 2. The van der Waals surface area contributed by atoms with E-state index in [2.05, 4.69) is 27.0 Å². The summed E-state index contributed by atoms with van der Waals surface area (Å²) in [5.41, 5.74) is 3.52. The summed E-state index contributed by atoms with van der Waals surface area (Å²) in [5.74, 6) is 0.196. The minimum Gasteiger partial charge on any atom is -0.490 e. The fourth-order valence-corrected chi connectivity index (χ4v) is 10.9. The van der Waals surface area contributed by atoms with E-state index in [1.165, 1.54) is 30.6 Å². The zero-order valence-electron chi connectivity index (χ0n) is 28.6. The number of nitrogens with zero attached hydrogens (tertiary/aromatic N) is 3. The highest BCUT2D eigenvalue weighted by Gasteiger charge is 2.45. The predicted octanol–water partition coefficient (Wildman–Crippen LogP) is 6.82. The van der Waals surface area contributed by atoms with E-state index in [4.69, 9.17) is 21.1 Å². The molecule has 0 amide bonds. The van der Waals surface area contributed by atoms with Gasteiger partial charge in [0.25, 0.3) is 0 Å². The molecule has 0 radical (unpaired) electrons. The smallest absolute Gasteiger partial charge is 0.337 e. The molecule has 0 N–H and O–H groups in total. The van der Waals surface area contributed by atoms with Crippen molar-refractivity contribution in [3.8, 4) is 5.75 Å². The first kappa shape index (κ1) is 34.7. The summed E-state index contributed by atoms with van der Waals surface area (Å²) >= 11 is 6.42. The molecule has 9 nitrogen and oxygen atoms in total. The van der Waals surface area contributed by atoms with Crippen molar-refractivity contribution in [3.63, 3.8) is 0 Å². The first-order chi connectivity index (χ1) is 24.1. The molecule has 0 saturated heterocycles. The predicted molar refractivity (Wildman–Crippen MR) is 191 cm³/mol. The highest BCUT2D eigenvalue weighted by Crippen LogP contribution is 2.46. The molecule has 4 aliphatic rings. The number of ether oxygens (including phenoxy) is 2. The maximum absolute atomic E-state index is 13.8. The van der Waals surface area contributed by atoms with Crippen LogP contribution in [0.3, 0.4) is 0 Å². The van der Waals surface area contributed by atoms with E-state index in [-0.39, 0.29) is 40.0 Å². The lowest BCUT2D eigenvalue weighted by Gasteiger charge is -2.44. The molecule has 2 aromatic carbocycles. The van der Waals surface area contributed by atoms with Gasteiger partial charge in [0, 0.05) is 41.8 Å². The molecule has 1 spiro atoms. The van der Waals surface area contributed by atoms with E-state index >= 15 is 0 Å². The van der Waals surface area contributed by atoms with Gasteiger partial charge in [0.15, 0.2) is 5.78 Å². The van der Waals surface area contributed by atoms with Gasteiger partial charge in [-0.3, -0.25) is 4.79 Å². The molecule has 0 bridgehead atoms. The zero-order chi connectivity index (χ0) is 35.0. The molecule has 1 unspecified atom stereocenters. The fraction of sp³-hybridized carbons (Fsp3) is 0.487. The molecule has 2 fully saturated rings. The summed E-state index contributed by atoms with van der Waals surface area (Å²) in [7, 11) is -2.30. The van der Waals surface area contributed by atoms with E-state index in [0.717, 1.165) is 61.4 Å². The standard InChI is InChI=1S/C39H44ClN3O6S/c1-25-26(6-3-8-36(25)50(46,47)38-41-18-5-19-42-38)10-15-34(44)31-13-9-29(31)22-43-23-39(17-4-7-27-20-30(40)12-14-32(27)39)24-49-35-16-11-28(21-33(35)43)37(45)48-2/h5,10-12,14-16,18-21,25-26,29,31,36H,3-4,6-9,13,17,22-24H2,1-2H3/b15-10+/t25-,26-,29+,31-,36+,39?/m1/s1. The Labute approximate surface area is 299 Å². The summed E-state index contributed by atoms with van der Waals surface area (Å²) in [6.45, 7) is 3.80. The van der Waals surface area contributed by atoms with Crippen molar-refractivity contribution in [2.24, 2.45) is 23.7 Å². The van der Waals surface area contributed by atoms with Crippen LogP contribution in [0, 0.1) is 23.7 Å². The molecule has 3 aliphatic carbocycles. The number of hydrogen-bond acceptors (Lipinski definition) is 9. The number of ketones is 1. The number of sulfone groups is 1. The molecule has 2 saturated carbocycles. The van der Waals surface area contributed by atoms with Crippen molar-refractivity contribution in [2.45, 2.75) is 74.1 Å². The number of allylic oxidation sites excluding steroid dienone is 2. The molecule has 264 valence electrons. The second-order valence-corrected chi connectivity index (χ2v) is 17.0. The third-order valence-electron chi connectivity index (χ3n) is 11.7. The number of aryl methyl sites for hydroxylation is 1. The Morgan fingerprint density at radius 3 is 2.66 bits per heavy atom. The first-order valence-electron chi connectivity index (χ1n) is 17.7. The van der Waals surface area contributed by atoms with Crippen LogP contribution in [0.25, 0.3) is 0 Å². The second-order valence-electron chi connectivity index (χ2n) is 14.6. The first-order valence-corrected chi connectivity index (χ1v) is 19.6. The molecular formula is C39H44ClN3O6S. The molecule has 6 atom stereocenters. The summed E-state index contributed by atoms with van der Waals surface area (Å²) in [6.07, 6.45) is 13.4. The number of esters is 1. The normalized spacial score (nSPS) is 27.8. The van der Waals surface area contributed by atoms with Crippen molar-refractivity contribution >= 4 is 38.9 Å². The fourth-order valence-electron chi connectivity index (χ4n) is 8.78. The van der Waals surface area contributed by atoms with Crippen LogP contribution in [0.2, 0.25) is 5.02 Å². The monoisotopic (exact) mass is 717 g/mol. The number of halogens is 1. The van der Waals surface area contributed by atoms with Gasteiger partial charge in [0.05, 0.1) is 30.2 Å².